The van der Waals surface area contributed by atoms with Crippen LogP contribution in [0.15, 0.2) is 71.3 Å². The lowest BCUT2D eigenvalue weighted by molar-refractivity contribution is 0.102. The summed E-state index contributed by atoms with van der Waals surface area (Å²) in [5.41, 5.74) is 1.36. The summed E-state index contributed by atoms with van der Waals surface area (Å²) >= 11 is 6.11. The molecule has 0 radical (unpaired) electrons. The van der Waals surface area contributed by atoms with Crippen molar-refractivity contribution in [1.82, 2.24) is 9.78 Å². The Hall–Kier alpha value is -4.11. The Balaban J connectivity index is 1.66. The van der Waals surface area contributed by atoms with E-state index in [1.54, 1.807) is 42.5 Å². The van der Waals surface area contributed by atoms with Crippen LogP contribution in [0.1, 0.15) is 10.5 Å². The molecule has 0 spiro atoms. The Kier molecular flexibility index (Phi) is 5.91. The van der Waals surface area contributed by atoms with Crippen LogP contribution in [0.25, 0.3) is 17.1 Å². The number of furan rings is 1. The van der Waals surface area contributed by atoms with Gasteiger partial charge in [-0.05, 0) is 48.5 Å². The van der Waals surface area contributed by atoms with Gasteiger partial charge in [-0.3, -0.25) is 10.1 Å². The molecule has 0 atom stereocenters. The van der Waals surface area contributed by atoms with Crippen LogP contribution >= 0.6 is 11.6 Å². The molecular weight excluding hydrogens is 439 g/mol. The first-order chi connectivity index (χ1) is 15.4. The summed E-state index contributed by atoms with van der Waals surface area (Å²) in [6.07, 6.45) is 0.675. The number of ether oxygens (including phenoxy) is 1. The Morgan fingerprint density at radius 3 is 2.66 bits per heavy atom. The third kappa shape index (κ3) is 4.47. The highest BCUT2D eigenvalue weighted by Crippen LogP contribution is 2.27. The Labute approximate surface area is 186 Å². The van der Waals surface area contributed by atoms with E-state index in [9.17, 15) is 14.0 Å². The number of hydrogen-bond donors (Lipinski definition) is 2. The largest absolute Gasteiger partial charge is 0.463 e. The summed E-state index contributed by atoms with van der Waals surface area (Å²) in [4.78, 5) is 24.3. The summed E-state index contributed by atoms with van der Waals surface area (Å²) in [5, 5.41) is 9.78. The second-order valence-corrected chi connectivity index (χ2v) is 6.99. The van der Waals surface area contributed by atoms with E-state index in [0.29, 0.717) is 22.2 Å². The molecule has 0 saturated carbocycles. The molecule has 2 aromatic carbocycles. The zero-order valence-electron chi connectivity index (χ0n) is 16.6. The van der Waals surface area contributed by atoms with E-state index in [1.165, 1.54) is 23.1 Å². The van der Waals surface area contributed by atoms with Crippen molar-refractivity contribution in [2.75, 3.05) is 17.7 Å². The van der Waals surface area contributed by atoms with Crippen molar-refractivity contribution < 1.29 is 23.1 Å². The minimum Gasteiger partial charge on any atom is -0.463 e. The molecule has 0 bridgehead atoms. The van der Waals surface area contributed by atoms with E-state index in [2.05, 4.69) is 20.5 Å². The third-order valence-electron chi connectivity index (χ3n) is 4.41. The van der Waals surface area contributed by atoms with E-state index in [0.717, 1.165) is 13.2 Å². The molecule has 2 aromatic heterocycles. The maximum Gasteiger partial charge on any atom is 0.411 e. The molecule has 0 aliphatic rings. The lowest BCUT2D eigenvalue weighted by atomic mass is 10.2. The Bertz CT molecular complexity index is 1290. The van der Waals surface area contributed by atoms with Crippen molar-refractivity contribution >= 4 is 35.0 Å². The average molecular weight is 455 g/mol. The van der Waals surface area contributed by atoms with Gasteiger partial charge in [0.25, 0.3) is 5.91 Å². The number of carbonyl (C=O) groups is 2. The molecule has 0 unspecified atom stereocenters. The SMILES string of the molecule is COC(=O)Nc1cc(NC(=O)c2cc(-c3ccco3)n(-c3cccc(Cl)c3)n2)ccc1F. The molecule has 8 nitrogen and oxygen atoms in total. The maximum atomic E-state index is 13.9. The molecule has 10 heteroatoms. The number of methoxy groups -OCH3 is 1. The van der Waals surface area contributed by atoms with Gasteiger partial charge in [-0.25, -0.2) is 13.9 Å². The van der Waals surface area contributed by atoms with Crippen LogP contribution in [0.4, 0.5) is 20.6 Å². The highest BCUT2D eigenvalue weighted by Gasteiger charge is 2.19. The van der Waals surface area contributed by atoms with E-state index < -0.39 is 17.8 Å². The van der Waals surface area contributed by atoms with Gasteiger partial charge in [-0.15, -0.1) is 0 Å². The lowest BCUT2D eigenvalue weighted by Crippen LogP contribution is -2.15. The van der Waals surface area contributed by atoms with Crippen molar-refractivity contribution in [3.05, 3.63) is 83.5 Å². The molecular formula is C22H16ClFN4O4. The summed E-state index contributed by atoms with van der Waals surface area (Å²) in [5.74, 6) is -0.726. The lowest BCUT2D eigenvalue weighted by Gasteiger charge is -2.08. The molecule has 0 aliphatic heterocycles. The van der Waals surface area contributed by atoms with Gasteiger partial charge < -0.3 is 14.5 Å². The average Bonchev–Trinajstić information content (AvgIpc) is 3.46. The topological polar surface area (TPSA) is 98.4 Å². The van der Waals surface area contributed by atoms with Gasteiger partial charge in [-0.1, -0.05) is 17.7 Å². The van der Waals surface area contributed by atoms with Gasteiger partial charge in [-0.2, -0.15) is 5.10 Å². The third-order valence-corrected chi connectivity index (χ3v) is 4.65. The molecule has 0 fully saturated rings. The second-order valence-electron chi connectivity index (χ2n) is 6.55. The number of nitrogens with one attached hydrogen (secondary N) is 2. The predicted octanol–water partition coefficient (Wildman–Crippen LogP) is 5.36. The number of hydrogen-bond acceptors (Lipinski definition) is 5. The predicted molar refractivity (Wildman–Crippen MR) is 117 cm³/mol. The van der Waals surface area contributed by atoms with Crippen molar-refractivity contribution in [1.29, 1.82) is 0 Å². The first-order valence-electron chi connectivity index (χ1n) is 9.30. The molecule has 0 saturated heterocycles. The zero-order chi connectivity index (χ0) is 22.7. The van der Waals surface area contributed by atoms with Gasteiger partial charge in [0.05, 0.1) is 24.7 Å². The van der Waals surface area contributed by atoms with Crippen LogP contribution in [-0.2, 0) is 4.74 Å². The maximum absolute atomic E-state index is 13.9. The normalized spacial score (nSPS) is 10.6. The van der Waals surface area contributed by atoms with Gasteiger partial charge in [0.15, 0.2) is 11.5 Å². The fraction of sp³-hybridized carbons (Fsp3) is 0.0455. The summed E-state index contributed by atoms with van der Waals surface area (Å²) in [6.45, 7) is 0. The number of nitrogens with zero attached hydrogens (tertiary/aromatic N) is 2. The molecule has 162 valence electrons. The number of carbonyl (C=O) groups excluding carboxylic acids is 2. The number of amides is 2. The summed E-state index contributed by atoms with van der Waals surface area (Å²) in [7, 11) is 1.16. The molecule has 2 amide bonds. The van der Waals surface area contributed by atoms with Crippen molar-refractivity contribution in [3.63, 3.8) is 0 Å². The van der Waals surface area contributed by atoms with Crippen molar-refractivity contribution in [2.45, 2.75) is 0 Å². The minimum absolute atomic E-state index is 0.0863. The van der Waals surface area contributed by atoms with Crippen LogP contribution in [0.3, 0.4) is 0 Å². The highest BCUT2D eigenvalue weighted by molar-refractivity contribution is 6.30. The molecule has 0 aliphatic carbocycles. The molecule has 4 rings (SSSR count). The van der Waals surface area contributed by atoms with E-state index >= 15 is 0 Å². The number of aromatic nitrogens is 2. The number of anilines is 2. The van der Waals surface area contributed by atoms with Gasteiger partial charge >= 0.3 is 6.09 Å². The van der Waals surface area contributed by atoms with Gasteiger partial charge in [0.1, 0.15) is 11.5 Å². The first-order valence-corrected chi connectivity index (χ1v) is 9.68. The van der Waals surface area contributed by atoms with Crippen LogP contribution in [0, 0.1) is 5.82 Å². The quantitative estimate of drug-likeness (QED) is 0.423. The van der Waals surface area contributed by atoms with Crippen LogP contribution in [0.2, 0.25) is 5.02 Å². The van der Waals surface area contributed by atoms with E-state index in [1.807, 2.05) is 0 Å². The summed E-state index contributed by atoms with van der Waals surface area (Å²) in [6, 6.07) is 15.7. The van der Waals surface area contributed by atoms with E-state index in [4.69, 9.17) is 16.0 Å². The minimum atomic E-state index is -0.837. The molecule has 2 heterocycles. The second kappa shape index (κ2) is 8.94. The van der Waals surface area contributed by atoms with Gasteiger partial charge in [0.2, 0.25) is 0 Å². The molecule has 32 heavy (non-hydrogen) atoms. The van der Waals surface area contributed by atoms with Crippen LogP contribution in [-0.4, -0.2) is 28.9 Å². The number of benzene rings is 2. The monoisotopic (exact) mass is 454 g/mol. The van der Waals surface area contributed by atoms with Crippen LogP contribution < -0.4 is 10.6 Å². The standard InChI is InChI=1S/C22H16ClFN4O4/c1-31-22(30)26-17-11-14(7-8-16(17)24)25-21(29)18-12-19(20-6-3-9-32-20)28(27-18)15-5-2-4-13(23)10-15/h2-12H,1H3,(H,25,29)(H,26,30). The Morgan fingerprint density at radius 2 is 1.94 bits per heavy atom. The zero-order valence-corrected chi connectivity index (χ0v) is 17.4. The fourth-order valence-electron chi connectivity index (χ4n) is 2.95. The Morgan fingerprint density at radius 1 is 1.09 bits per heavy atom. The first kappa shape index (κ1) is 21.1. The molecule has 2 N–H and O–H groups in total. The summed E-state index contributed by atoms with van der Waals surface area (Å²) < 4.78 is 25.4. The van der Waals surface area contributed by atoms with Crippen molar-refractivity contribution in [3.8, 4) is 17.1 Å². The van der Waals surface area contributed by atoms with Crippen molar-refractivity contribution in [2.24, 2.45) is 0 Å². The van der Waals surface area contributed by atoms with Crippen LogP contribution in [0.5, 0.6) is 0 Å². The van der Waals surface area contributed by atoms with Gasteiger partial charge in [0, 0.05) is 16.8 Å². The fourth-order valence-corrected chi connectivity index (χ4v) is 3.14. The highest BCUT2D eigenvalue weighted by atomic mass is 35.5. The smallest absolute Gasteiger partial charge is 0.411 e. The van der Waals surface area contributed by atoms with E-state index in [-0.39, 0.29) is 17.1 Å². The molecule has 4 aromatic rings. The number of rotatable bonds is 5. The number of halogens is 2.